The van der Waals surface area contributed by atoms with Crippen LogP contribution in [0.1, 0.15) is 49.7 Å². The van der Waals surface area contributed by atoms with Gasteiger partial charge in [-0.05, 0) is 60.6 Å². The molecule has 0 aromatic heterocycles. The van der Waals surface area contributed by atoms with E-state index in [2.05, 4.69) is 34.2 Å². The molecule has 3 aliphatic heterocycles. The number of likely N-dealkylation sites (tertiary alicyclic amines) is 1. The van der Waals surface area contributed by atoms with Crippen LogP contribution in [0.3, 0.4) is 0 Å². The normalized spacial score (nSPS) is 29.3. The molecule has 28 heavy (non-hydrogen) atoms. The molecule has 1 spiro atoms. The van der Waals surface area contributed by atoms with Crippen LogP contribution in [-0.2, 0) is 26.5 Å². The average molecular weight is 399 g/mol. The Morgan fingerprint density at radius 3 is 2.89 bits per heavy atom. The fourth-order valence-corrected chi connectivity index (χ4v) is 6.11. The van der Waals surface area contributed by atoms with Gasteiger partial charge in [-0.15, -0.1) is 0 Å². The number of aliphatic imine (C=N–C) groups is 1. The van der Waals surface area contributed by atoms with Crippen LogP contribution in [0, 0.1) is 0 Å². The van der Waals surface area contributed by atoms with Crippen molar-refractivity contribution in [2.24, 2.45) is 4.99 Å². The second-order valence-corrected chi connectivity index (χ2v) is 9.03. The quantitative estimate of drug-likeness (QED) is 0.670. The average Bonchev–Trinajstić information content (AvgIpc) is 3.30. The van der Waals surface area contributed by atoms with Crippen molar-refractivity contribution in [1.29, 1.82) is 0 Å². The van der Waals surface area contributed by atoms with Gasteiger partial charge in [0.2, 0.25) is 0 Å². The summed E-state index contributed by atoms with van der Waals surface area (Å²) in [7, 11) is 1.74. The third-order valence-electron chi connectivity index (χ3n) is 6.57. The van der Waals surface area contributed by atoms with Crippen molar-refractivity contribution < 1.29 is 14.3 Å². The van der Waals surface area contributed by atoms with Crippen molar-refractivity contribution in [3.63, 3.8) is 0 Å². The standard InChI is InChI=1S/C22H26N2O3S/c1-26-18-9-5-3-7-16(18)19-20(25)23-21(28-19)24-12-10-22(11-13-24)17-8-4-2-6-15(17)14-27-22/h2,4,6,8,18H,3,5,7,9-14H2,1H3. The Bertz CT molecular complexity index is 855. The Kier molecular flexibility index (Phi) is 4.81. The number of hydrogen-bond donors (Lipinski definition) is 0. The van der Waals surface area contributed by atoms with Crippen molar-refractivity contribution in [3.05, 3.63) is 45.9 Å². The van der Waals surface area contributed by atoms with E-state index in [9.17, 15) is 4.79 Å². The second-order valence-electron chi connectivity index (χ2n) is 8.05. The predicted octanol–water partition coefficient (Wildman–Crippen LogP) is 3.98. The zero-order valence-corrected chi connectivity index (χ0v) is 17.1. The molecule has 1 unspecified atom stereocenters. The van der Waals surface area contributed by atoms with Gasteiger partial charge in [-0.3, -0.25) is 4.79 Å². The summed E-state index contributed by atoms with van der Waals surface area (Å²) in [6.07, 6.45) is 6.18. The summed E-state index contributed by atoms with van der Waals surface area (Å²) in [5.41, 5.74) is 3.66. The van der Waals surface area contributed by atoms with Crippen molar-refractivity contribution in [3.8, 4) is 0 Å². The second kappa shape index (κ2) is 7.32. The molecule has 4 aliphatic rings. The first-order valence-electron chi connectivity index (χ1n) is 10.2. The Balaban J connectivity index is 1.31. The Morgan fingerprint density at radius 1 is 1.25 bits per heavy atom. The summed E-state index contributed by atoms with van der Waals surface area (Å²) in [6.45, 7) is 2.44. The van der Waals surface area contributed by atoms with E-state index >= 15 is 0 Å². The van der Waals surface area contributed by atoms with Crippen molar-refractivity contribution in [2.75, 3.05) is 20.2 Å². The number of carbonyl (C=O) groups is 1. The molecule has 0 bridgehead atoms. The van der Waals surface area contributed by atoms with Gasteiger partial charge >= 0.3 is 0 Å². The first kappa shape index (κ1) is 18.4. The number of benzene rings is 1. The Hall–Kier alpha value is -1.63. The minimum Gasteiger partial charge on any atom is -0.377 e. The molecule has 1 atom stereocenters. The molecule has 1 aromatic carbocycles. The number of amides is 1. The monoisotopic (exact) mass is 398 g/mol. The molecular formula is C22H26N2O3S. The number of rotatable bonds is 1. The first-order valence-corrected chi connectivity index (χ1v) is 11.1. The minimum absolute atomic E-state index is 0.0720. The lowest BCUT2D eigenvalue weighted by Crippen LogP contribution is -2.44. The number of amidine groups is 1. The summed E-state index contributed by atoms with van der Waals surface area (Å²) >= 11 is 1.55. The fourth-order valence-electron chi connectivity index (χ4n) is 4.99. The lowest BCUT2D eigenvalue weighted by molar-refractivity contribution is -0.113. The zero-order chi connectivity index (χ0) is 19.1. The summed E-state index contributed by atoms with van der Waals surface area (Å²) in [5.74, 6) is -0.0818. The van der Waals surface area contributed by atoms with Gasteiger partial charge in [0.1, 0.15) is 0 Å². The number of methoxy groups -OCH3 is 1. The summed E-state index contributed by atoms with van der Waals surface area (Å²) in [6, 6.07) is 8.56. The molecule has 1 amide bonds. The number of thioether (sulfide) groups is 1. The first-order chi connectivity index (χ1) is 13.7. The SMILES string of the molecule is COC1CCCCC1=C1SC(N2CCC3(CC2)OCc2ccccc23)=NC1=O. The molecule has 0 radical (unpaired) electrons. The highest BCUT2D eigenvalue weighted by molar-refractivity contribution is 8.18. The summed E-state index contributed by atoms with van der Waals surface area (Å²) < 4.78 is 11.9. The van der Waals surface area contributed by atoms with Crippen molar-refractivity contribution in [2.45, 2.75) is 56.8 Å². The van der Waals surface area contributed by atoms with Crippen molar-refractivity contribution >= 4 is 22.8 Å². The number of piperidine rings is 1. The van der Waals surface area contributed by atoms with Gasteiger partial charge in [-0.1, -0.05) is 30.7 Å². The largest absolute Gasteiger partial charge is 0.377 e. The number of fused-ring (bicyclic) bond motifs is 2. The molecule has 1 saturated heterocycles. The van der Waals surface area contributed by atoms with Gasteiger partial charge in [0, 0.05) is 20.2 Å². The van der Waals surface area contributed by atoms with E-state index in [1.807, 2.05) is 0 Å². The summed E-state index contributed by atoms with van der Waals surface area (Å²) in [5, 5.41) is 0.856. The minimum atomic E-state index is -0.160. The highest BCUT2D eigenvalue weighted by Crippen LogP contribution is 2.45. The van der Waals surface area contributed by atoms with Crippen LogP contribution in [-0.4, -0.2) is 42.3 Å². The molecule has 3 heterocycles. The third kappa shape index (κ3) is 3.02. The maximum absolute atomic E-state index is 12.6. The van der Waals surface area contributed by atoms with Gasteiger partial charge in [0.15, 0.2) is 5.17 Å². The van der Waals surface area contributed by atoms with E-state index in [4.69, 9.17) is 9.47 Å². The molecule has 2 fully saturated rings. The molecule has 148 valence electrons. The van der Waals surface area contributed by atoms with Gasteiger partial charge < -0.3 is 14.4 Å². The topological polar surface area (TPSA) is 51.1 Å². The highest BCUT2D eigenvalue weighted by atomic mass is 32.2. The summed E-state index contributed by atoms with van der Waals surface area (Å²) in [4.78, 5) is 20.1. The van der Waals surface area contributed by atoms with Gasteiger partial charge in [0.25, 0.3) is 5.91 Å². The molecule has 1 aromatic rings. The van der Waals surface area contributed by atoms with E-state index < -0.39 is 0 Å². The maximum atomic E-state index is 12.6. The van der Waals surface area contributed by atoms with E-state index in [0.29, 0.717) is 6.61 Å². The number of hydrogen-bond acceptors (Lipinski definition) is 5. The van der Waals surface area contributed by atoms with Crippen LogP contribution < -0.4 is 0 Å². The van der Waals surface area contributed by atoms with Gasteiger partial charge in [-0.2, -0.15) is 4.99 Å². The molecule has 6 heteroatoms. The highest BCUT2D eigenvalue weighted by Gasteiger charge is 2.44. The lowest BCUT2D eigenvalue weighted by atomic mass is 9.84. The van der Waals surface area contributed by atoms with Crippen molar-refractivity contribution in [1.82, 2.24) is 4.90 Å². The van der Waals surface area contributed by atoms with Gasteiger partial charge in [-0.25, -0.2) is 0 Å². The maximum Gasteiger partial charge on any atom is 0.286 e. The fraction of sp³-hybridized carbons (Fsp3) is 0.545. The molecule has 0 N–H and O–H groups in total. The third-order valence-corrected chi connectivity index (χ3v) is 7.74. The smallest absolute Gasteiger partial charge is 0.286 e. The number of nitrogens with zero attached hydrogens (tertiary/aromatic N) is 2. The zero-order valence-electron chi connectivity index (χ0n) is 16.3. The number of ether oxygens (including phenoxy) is 2. The van der Waals surface area contributed by atoms with E-state index in [-0.39, 0.29) is 17.6 Å². The molecule has 5 nitrogen and oxygen atoms in total. The molecule has 1 aliphatic carbocycles. The van der Waals surface area contributed by atoms with E-state index in [1.165, 1.54) is 11.1 Å². The van der Waals surface area contributed by atoms with Crippen LogP contribution >= 0.6 is 11.8 Å². The van der Waals surface area contributed by atoms with Gasteiger partial charge in [0.05, 0.1) is 23.2 Å². The van der Waals surface area contributed by atoms with E-state index in [0.717, 1.165) is 67.3 Å². The van der Waals surface area contributed by atoms with Crippen LogP contribution in [0.25, 0.3) is 0 Å². The van der Waals surface area contributed by atoms with Crippen LogP contribution in [0.4, 0.5) is 0 Å². The Morgan fingerprint density at radius 2 is 2.07 bits per heavy atom. The molecule has 1 saturated carbocycles. The van der Waals surface area contributed by atoms with E-state index in [1.54, 1.807) is 18.9 Å². The molecule has 5 rings (SSSR count). The lowest BCUT2D eigenvalue weighted by Gasteiger charge is -2.39. The van der Waals surface area contributed by atoms with Crippen LogP contribution in [0.15, 0.2) is 39.7 Å². The Labute approximate surface area is 170 Å². The van der Waals surface area contributed by atoms with Crippen LogP contribution in [0.5, 0.6) is 0 Å². The predicted molar refractivity (Wildman–Crippen MR) is 110 cm³/mol. The molecular weight excluding hydrogens is 372 g/mol. The van der Waals surface area contributed by atoms with Crippen LogP contribution in [0.2, 0.25) is 0 Å². The number of carbonyl (C=O) groups excluding carboxylic acids is 1.